The van der Waals surface area contributed by atoms with Gasteiger partial charge in [0, 0.05) is 58.7 Å². The first-order valence-corrected chi connectivity index (χ1v) is 12.6. The molecule has 5 atom stereocenters. The standard InChI is InChI=1S/C29H27N3O4/c1-29-28(35-3)16(30-2)12-21(36-29)31-17-10-6-4-8-14(17)22-24-19(33)13-20(34)25(24)23-15-9-5-7-11-18(15)32(29)27(23)26(22)31/h4-11,16,20-21,28,30,34H,12-13H2,1-3H3/t16-,20-,21-,28-,29+/m1/s1. The molecular weight excluding hydrogens is 454 g/mol. The van der Waals surface area contributed by atoms with Gasteiger partial charge in [-0.25, -0.2) is 0 Å². The summed E-state index contributed by atoms with van der Waals surface area (Å²) < 4.78 is 17.8. The molecule has 5 aromatic rings. The predicted octanol–water partition coefficient (Wildman–Crippen LogP) is 4.73. The Morgan fingerprint density at radius 1 is 1.06 bits per heavy atom. The van der Waals surface area contributed by atoms with Gasteiger partial charge in [-0.05, 0) is 26.1 Å². The average Bonchev–Trinajstić information content (AvgIpc) is 3.48. The van der Waals surface area contributed by atoms with Crippen molar-refractivity contribution in [2.75, 3.05) is 14.2 Å². The number of ketones is 1. The zero-order valence-corrected chi connectivity index (χ0v) is 20.4. The molecule has 0 amide bonds. The van der Waals surface area contributed by atoms with Gasteiger partial charge in [0.15, 0.2) is 11.5 Å². The quantitative estimate of drug-likeness (QED) is 0.381. The van der Waals surface area contributed by atoms with Crippen molar-refractivity contribution in [1.82, 2.24) is 14.5 Å². The van der Waals surface area contributed by atoms with Gasteiger partial charge >= 0.3 is 0 Å². The Balaban J connectivity index is 1.73. The summed E-state index contributed by atoms with van der Waals surface area (Å²) in [7, 11) is 3.72. The lowest BCUT2D eigenvalue weighted by molar-refractivity contribution is -0.256. The van der Waals surface area contributed by atoms with Crippen molar-refractivity contribution in [3.63, 3.8) is 0 Å². The summed E-state index contributed by atoms with van der Waals surface area (Å²) in [6.07, 6.45) is -0.526. The lowest BCUT2D eigenvalue weighted by Gasteiger charge is -2.48. The van der Waals surface area contributed by atoms with E-state index < -0.39 is 11.8 Å². The number of likely N-dealkylation sites (N-methyl/N-ethyl adjacent to an activating group) is 1. The van der Waals surface area contributed by atoms with Gasteiger partial charge in [0.05, 0.1) is 28.2 Å². The van der Waals surface area contributed by atoms with Gasteiger partial charge in [-0.3, -0.25) is 4.79 Å². The highest BCUT2D eigenvalue weighted by Crippen LogP contribution is 2.55. The van der Waals surface area contributed by atoms with Crippen molar-refractivity contribution in [2.45, 2.75) is 50.0 Å². The number of aliphatic hydroxyl groups excluding tert-OH is 1. The Kier molecular flexibility index (Phi) is 3.92. The topological polar surface area (TPSA) is 77.7 Å². The summed E-state index contributed by atoms with van der Waals surface area (Å²) in [5.74, 6) is 0.00125. The summed E-state index contributed by atoms with van der Waals surface area (Å²) in [5, 5.41) is 18.7. The molecule has 0 radical (unpaired) electrons. The second kappa shape index (κ2) is 6.75. The van der Waals surface area contributed by atoms with E-state index in [1.807, 2.05) is 31.3 Å². The number of aliphatic hydroxyl groups is 1. The van der Waals surface area contributed by atoms with E-state index in [0.29, 0.717) is 5.56 Å². The zero-order valence-electron chi connectivity index (χ0n) is 20.4. The van der Waals surface area contributed by atoms with Crippen molar-refractivity contribution in [3.05, 3.63) is 59.7 Å². The van der Waals surface area contributed by atoms with E-state index in [9.17, 15) is 9.90 Å². The maximum Gasteiger partial charge on any atom is 0.173 e. The molecule has 2 bridgehead atoms. The smallest absolute Gasteiger partial charge is 0.173 e. The first kappa shape index (κ1) is 20.9. The van der Waals surface area contributed by atoms with Gasteiger partial charge in [0.1, 0.15) is 12.3 Å². The first-order valence-electron chi connectivity index (χ1n) is 12.6. The normalized spacial score (nSPS) is 29.2. The molecule has 4 heterocycles. The molecule has 0 saturated carbocycles. The number of carbonyl (C=O) groups excluding carboxylic acids is 1. The van der Waals surface area contributed by atoms with Crippen LogP contribution in [0.3, 0.4) is 0 Å². The van der Waals surface area contributed by atoms with Crippen molar-refractivity contribution in [2.24, 2.45) is 0 Å². The van der Waals surface area contributed by atoms with Gasteiger partial charge in [0.25, 0.3) is 0 Å². The van der Waals surface area contributed by atoms with Crippen LogP contribution >= 0.6 is 0 Å². The molecule has 3 aliphatic rings. The van der Waals surface area contributed by atoms with E-state index >= 15 is 0 Å². The van der Waals surface area contributed by atoms with E-state index in [1.54, 1.807) is 7.11 Å². The molecule has 1 saturated heterocycles. The fourth-order valence-corrected chi connectivity index (χ4v) is 7.60. The third kappa shape index (κ3) is 2.18. The van der Waals surface area contributed by atoms with Gasteiger partial charge in [-0.1, -0.05) is 36.4 Å². The lowest BCUT2D eigenvalue weighted by Crippen LogP contribution is -2.59. The van der Waals surface area contributed by atoms with Crippen LogP contribution in [0.5, 0.6) is 0 Å². The molecule has 1 aliphatic carbocycles. The number of methoxy groups -OCH3 is 1. The molecule has 2 aliphatic heterocycles. The summed E-state index contributed by atoms with van der Waals surface area (Å²) in [4.78, 5) is 13.5. The molecule has 182 valence electrons. The van der Waals surface area contributed by atoms with Crippen LogP contribution in [0.15, 0.2) is 48.5 Å². The number of ether oxygens (including phenoxy) is 2. The molecule has 2 aromatic heterocycles. The van der Waals surface area contributed by atoms with Crippen molar-refractivity contribution >= 4 is 49.4 Å². The highest BCUT2D eigenvalue weighted by molar-refractivity contribution is 6.31. The molecule has 7 heteroatoms. The number of nitrogens with zero attached hydrogens (tertiary/aromatic N) is 2. The van der Waals surface area contributed by atoms with Crippen molar-refractivity contribution in [3.8, 4) is 0 Å². The monoisotopic (exact) mass is 481 g/mol. The van der Waals surface area contributed by atoms with Crippen LogP contribution in [0.25, 0.3) is 43.6 Å². The van der Waals surface area contributed by atoms with Crippen LogP contribution in [0.2, 0.25) is 0 Å². The lowest BCUT2D eigenvalue weighted by atomic mass is 9.93. The van der Waals surface area contributed by atoms with Crippen LogP contribution in [0.1, 0.15) is 48.0 Å². The Morgan fingerprint density at radius 2 is 1.75 bits per heavy atom. The summed E-state index contributed by atoms with van der Waals surface area (Å²) in [5.41, 5.74) is 4.63. The van der Waals surface area contributed by atoms with Gasteiger partial charge < -0.3 is 29.0 Å². The fourth-order valence-electron chi connectivity index (χ4n) is 7.60. The van der Waals surface area contributed by atoms with E-state index in [2.05, 4.69) is 45.6 Å². The molecule has 1 fully saturated rings. The van der Waals surface area contributed by atoms with Crippen LogP contribution in [-0.2, 0) is 15.2 Å². The molecule has 36 heavy (non-hydrogen) atoms. The number of Topliss-reactive ketones (excluding diaryl/α,β-unsaturated/α-hetero) is 1. The number of fused-ring (bicyclic) bond motifs is 13. The minimum Gasteiger partial charge on any atom is -0.388 e. The summed E-state index contributed by atoms with van der Waals surface area (Å²) in [6.45, 7) is 2.11. The van der Waals surface area contributed by atoms with Crippen LogP contribution < -0.4 is 5.32 Å². The maximum atomic E-state index is 13.5. The van der Waals surface area contributed by atoms with Crippen LogP contribution in [0, 0.1) is 0 Å². The third-order valence-electron chi connectivity index (χ3n) is 8.87. The molecular formula is C29H27N3O4. The van der Waals surface area contributed by atoms with Gasteiger partial charge in [-0.15, -0.1) is 0 Å². The van der Waals surface area contributed by atoms with E-state index in [-0.39, 0.29) is 30.6 Å². The van der Waals surface area contributed by atoms with E-state index in [1.165, 1.54) is 0 Å². The third-order valence-corrected chi connectivity index (χ3v) is 8.87. The van der Waals surface area contributed by atoms with E-state index in [0.717, 1.165) is 55.6 Å². The first-order chi connectivity index (χ1) is 17.5. The molecule has 0 spiro atoms. The minimum atomic E-state index is -0.835. The largest absolute Gasteiger partial charge is 0.388 e. The van der Waals surface area contributed by atoms with Crippen LogP contribution in [0.4, 0.5) is 0 Å². The minimum absolute atomic E-state index is 0.00125. The summed E-state index contributed by atoms with van der Waals surface area (Å²) >= 11 is 0. The van der Waals surface area contributed by atoms with E-state index in [4.69, 9.17) is 9.47 Å². The predicted molar refractivity (Wildman–Crippen MR) is 138 cm³/mol. The Labute approximate surface area is 207 Å². The second-order valence-electron chi connectivity index (χ2n) is 10.5. The number of para-hydroxylation sites is 2. The molecule has 2 N–H and O–H groups in total. The second-order valence-corrected chi connectivity index (χ2v) is 10.5. The van der Waals surface area contributed by atoms with Crippen LogP contribution in [-0.4, -0.2) is 46.3 Å². The Bertz CT molecular complexity index is 1780. The highest BCUT2D eigenvalue weighted by Gasteiger charge is 2.53. The number of hydrogen-bond acceptors (Lipinski definition) is 5. The van der Waals surface area contributed by atoms with Gasteiger partial charge in [-0.2, -0.15) is 0 Å². The fraction of sp³-hybridized carbons (Fsp3) is 0.345. The number of nitrogens with one attached hydrogen (secondary N) is 1. The number of aromatic nitrogens is 2. The van der Waals surface area contributed by atoms with Crippen molar-refractivity contribution < 1.29 is 19.4 Å². The molecule has 8 rings (SSSR count). The Hall–Kier alpha value is -3.23. The molecule has 7 nitrogen and oxygen atoms in total. The highest BCUT2D eigenvalue weighted by atomic mass is 16.6. The summed E-state index contributed by atoms with van der Waals surface area (Å²) in [6, 6.07) is 16.5. The number of hydrogen-bond donors (Lipinski definition) is 2. The zero-order chi connectivity index (χ0) is 24.5. The maximum absolute atomic E-state index is 13.5. The Morgan fingerprint density at radius 3 is 2.47 bits per heavy atom. The SMILES string of the molecule is CN[C@@H]1C[C@H]2O[C@@](C)([C@@H]1OC)n1c3ccccc3c3c4c(c5c6ccccc6n2c5c31)C(=O)C[C@H]4O. The number of rotatable bonds is 2. The molecule has 3 aromatic carbocycles. The van der Waals surface area contributed by atoms with Gasteiger partial charge in [0.2, 0.25) is 0 Å². The number of carbonyl (C=O) groups is 1. The molecule has 0 unspecified atom stereocenters. The number of benzene rings is 3. The average molecular weight is 482 g/mol. The van der Waals surface area contributed by atoms with Crippen molar-refractivity contribution in [1.29, 1.82) is 0 Å².